The molecule has 23 heavy (non-hydrogen) atoms. The number of thioether (sulfide) groups is 1. The zero-order valence-electron chi connectivity index (χ0n) is 13.6. The second kappa shape index (κ2) is 8.17. The highest BCUT2D eigenvalue weighted by atomic mass is 32.2. The SMILES string of the molecule is CSc1ccc(S(=O)(=O)N2CCCCC2CCNC(C)=O)cc1. The van der Waals surface area contributed by atoms with Crippen LogP contribution in [0.5, 0.6) is 0 Å². The summed E-state index contributed by atoms with van der Waals surface area (Å²) in [7, 11) is -3.48. The average Bonchev–Trinajstić information content (AvgIpc) is 2.55. The summed E-state index contributed by atoms with van der Waals surface area (Å²) in [5.41, 5.74) is 0. The molecule has 1 unspecified atom stereocenters. The van der Waals surface area contributed by atoms with Gasteiger partial charge in [-0.05, 0) is 49.8 Å². The lowest BCUT2D eigenvalue weighted by Gasteiger charge is -2.34. The van der Waals surface area contributed by atoms with Crippen molar-refractivity contribution in [2.24, 2.45) is 0 Å². The van der Waals surface area contributed by atoms with Crippen LogP contribution in [0.25, 0.3) is 0 Å². The lowest BCUT2D eigenvalue weighted by molar-refractivity contribution is -0.119. The van der Waals surface area contributed by atoms with Gasteiger partial charge in [0.1, 0.15) is 0 Å². The first-order valence-electron chi connectivity index (χ1n) is 7.85. The van der Waals surface area contributed by atoms with E-state index in [4.69, 9.17) is 0 Å². The fourth-order valence-corrected chi connectivity index (χ4v) is 5.01. The molecule has 0 spiro atoms. The summed E-state index contributed by atoms with van der Waals surface area (Å²) >= 11 is 1.59. The monoisotopic (exact) mass is 356 g/mol. The summed E-state index contributed by atoms with van der Waals surface area (Å²) < 4.78 is 27.5. The maximum atomic E-state index is 12.9. The Morgan fingerprint density at radius 2 is 2.00 bits per heavy atom. The van der Waals surface area contributed by atoms with Gasteiger partial charge in [0, 0.05) is 31.0 Å². The molecular weight excluding hydrogens is 332 g/mol. The quantitative estimate of drug-likeness (QED) is 0.795. The van der Waals surface area contributed by atoms with Crippen LogP contribution in [0, 0.1) is 0 Å². The third kappa shape index (κ3) is 4.71. The number of piperidine rings is 1. The summed E-state index contributed by atoms with van der Waals surface area (Å²) in [4.78, 5) is 12.4. The minimum Gasteiger partial charge on any atom is -0.356 e. The van der Waals surface area contributed by atoms with Crippen LogP contribution in [0.2, 0.25) is 0 Å². The van der Waals surface area contributed by atoms with E-state index in [2.05, 4.69) is 5.32 Å². The fraction of sp³-hybridized carbons (Fsp3) is 0.562. The number of benzene rings is 1. The Kier molecular flexibility index (Phi) is 6.50. The van der Waals surface area contributed by atoms with E-state index in [0.29, 0.717) is 24.4 Å². The van der Waals surface area contributed by atoms with Gasteiger partial charge in [0.2, 0.25) is 15.9 Å². The van der Waals surface area contributed by atoms with Crippen LogP contribution in [0.3, 0.4) is 0 Å². The predicted molar refractivity (Wildman–Crippen MR) is 93.1 cm³/mol. The Morgan fingerprint density at radius 1 is 1.30 bits per heavy atom. The topological polar surface area (TPSA) is 66.5 Å². The second-order valence-corrected chi connectivity index (χ2v) is 8.48. The molecule has 1 aromatic rings. The van der Waals surface area contributed by atoms with E-state index in [9.17, 15) is 13.2 Å². The molecule has 7 heteroatoms. The molecule has 0 bridgehead atoms. The van der Waals surface area contributed by atoms with Crippen LogP contribution < -0.4 is 5.32 Å². The molecule has 0 saturated carbocycles. The van der Waals surface area contributed by atoms with E-state index in [1.165, 1.54) is 6.92 Å². The van der Waals surface area contributed by atoms with Crippen molar-refractivity contribution in [3.63, 3.8) is 0 Å². The number of nitrogens with zero attached hydrogens (tertiary/aromatic N) is 1. The molecule has 1 heterocycles. The van der Waals surface area contributed by atoms with Crippen molar-refractivity contribution < 1.29 is 13.2 Å². The Morgan fingerprint density at radius 3 is 2.61 bits per heavy atom. The highest BCUT2D eigenvalue weighted by Gasteiger charge is 2.33. The van der Waals surface area contributed by atoms with Crippen LogP contribution in [0.4, 0.5) is 0 Å². The number of carbonyl (C=O) groups is 1. The number of amides is 1. The molecule has 1 fully saturated rings. The van der Waals surface area contributed by atoms with Crippen molar-refractivity contribution >= 4 is 27.7 Å². The number of sulfonamides is 1. The first kappa shape index (κ1) is 18.3. The molecule has 1 aromatic carbocycles. The van der Waals surface area contributed by atoms with Crippen LogP contribution in [-0.2, 0) is 14.8 Å². The maximum Gasteiger partial charge on any atom is 0.243 e. The molecule has 1 amide bonds. The summed E-state index contributed by atoms with van der Waals surface area (Å²) in [6.07, 6.45) is 5.39. The fourth-order valence-electron chi connectivity index (χ4n) is 2.88. The van der Waals surface area contributed by atoms with Crippen LogP contribution in [0.1, 0.15) is 32.6 Å². The molecule has 1 aliphatic heterocycles. The second-order valence-electron chi connectivity index (χ2n) is 5.71. The predicted octanol–water partition coefficient (Wildman–Crippen LogP) is 2.48. The van der Waals surface area contributed by atoms with Crippen molar-refractivity contribution in [3.05, 3.63) is 24.3 Å². The van der Waals surface area contributed by atoms with Gasteiger partial charge in [-0.1, -0.05) is 6.42 Å². The third-order valence-electron chi connectivity index (χ3n) is 4.09. The van der Waals surface area contributed by atoms with Gasteiger partial charge in [-0.2, -0.15) is 4.31 Å². The molecule has 1 atom stereocenters. The van der Waals surface area contributed by atoms with Gasteiger partial charge in [-0.15, -0.1) is 11.8 Å². The van der Waals surface area contributed by atoms with Crippen LogP contribution in [0.15, 0.2) is 34.1 Å². The number of hydrogen-bond donors (Lipinski definition) is 1. The summed E-state index contributed by atoms with van der Waals surface area (Å²) in [5, 5.41) is 2.76. The molecule has 2 rings (SSSR count). The highest BCUT2D eigenvalue weighted by molar-refractivity contribution is 7.98. The Labute approximate surface area is 142 Å². The van der Waals surface area contributed by atoms with E-state index in [0.717, 1.165) is 24.2 Å². The Bertz CT molecular complexity index is 629. The van der Waals surface area contributed by atoms with Gasteiger partial charge in [0.15, 0.2) is 0 Å². The molecule has 1 aliphatic rings. The molecular formula is C16H24N2O3S2. The zero-order chi connectivity index (χ0) is 16.9. The lowest BCUT2D eigenvalue weighted by Crippen LogP contribution is -2.45. The smallest absolute Gasteiger partial charge is 0.243 e. The molecule has 1 saturated heterocycles. The van der Waals surface area contributed by atoms with Crippen molar-refractivity contribution in [1.82, 2.24) is 9.62 Å². The minimum absolute atomic E-state index is 0.0409. The number of hydrogen-bond acceptors (Lipinski definition) is 4. The molecule has 128 valence electrons. The lowest BCUT2D eigenvalue weighted by atomic mass is 10.0. The van der Waals surface area contributed by atoms with Gasteiger partial charge < -0.3 is 5.32 Å². The molecule has 5 nitrogen and oxygen atoms in total. The van der Waals surface area contributed by atoms with E-state index >= 15 is 0 Å². The number of carbonyl (C=O) groups excluding carboxylic acids is 1. The summed E-state index contributed by atoms with van der Waals surface area (Å²) in [5.74, 6) is -0.0807. The van der Waals surface area contributed by atoms with Gasteiger partial charge >= 0.3 is 0 Å². The van der Waals surface area contributed by atoms with Crippen molar-refractivity contribution in [2.75, 3.05) is 19.3 Å². The Balaban J connectivity index is 2.14. The van der Waals surface area contributed by atoms with Crippen molar-refractivity contribution in [3.8, 4) is 0 Å². The van der Waals surface area contributed by atoms with Gasteiger partial charge in [0.25, 0.3) is 0 Å². The molecule has 0 aromatic heterocycles. The summed E-state index contributed by atoms with van der Waals surface area (Å²) in [6.45, 7) is 2.54. The third-order valence-corrected chi connectivity index (χ3v) is 6.80. The minimum atomic E-state index is -3.48. The number of nitrogens with one attached hydrogen (secondary N) is 1. The standard InChI is InChI=1S/C16H24N2O3S2/c1-13(19)17-11-10-14-5-3-4-12-18(14)23(20,21)16-8-6-15(22-2)7-9-16/h6-9,14H,3-5,10-12H2,1-2H3,(H,17,19). The number of rotatable bonds is 6. The van der Waals surface area contributed by atoms with Gasteiger partial charge in [0.05, 0.1) is 4.90 Å². The van der Waals surface area contributed by atoms with Gasteiger partial charge in [-0.25, -0.2) is 8.42 Å². The molecule has 0 radical (unpaired) electrons. The zero-order valence-corrected chi connectivity index (χ0v) is 15.3. The van der Waals surface area contributed by atoms with E-state index in [1.54, 1.807) is 28.2 Å². The normalized spacial score (nSPS) is 19.5. The first-order chi connectivity index (χ1) is 10.9. The summed E-state index contributed by atoms with van der Waals surface area (Å²) in [6, 6.07) is 7.00. The maximum absolute atomic E-state index is 12.9. The molecule has 1 N–H and O–H groups in total. The van der Waals surface area contributed by atoms with Gasteiger partial charge in [-0.3, -0.25) is 4.79 Å². The Hall–Kier alpha value is -1.05. The van der Waals surface area contributed by atoms with Crippen LogP contribution >= 0.6 is 11.8 Å². The van der Waals surface area contributed by atoms with E-state index < -0.39 is 10.0 Å². The van der Waals surface area contributed by atoms with E-state index in [-0.39, 0.29) is 11.9 Å². The largest absolute Gasteiger partial charge is 0.356 e. The van der Waals surface area contributed by atoms with Crippen LogP contribution in [-0.4, -0.2) is 44.0 Å². The highest BCUT2D eigenvalue weighted by Crippen LogP contribution is 2.28. The first-order valence-corrected chi connectivity index (χ1v) is 10.5. The molecule has 0 aliphatic carbocycles. The van der Waals surface area contributed by atoms with E-state index in [1.807, 2.05) is 18.4 Å². The van der Waals surface area contributed by atoms with Crippen molar-refractivity contribution in [1.29, 1.82) is 0 Å². The average molecular weight is 357 g/mol. The van der Waals surface area contributed by atoms with Crippen molar-refractivity contribution in [2.45, 2.75) is 48.4 Å².